The van der Waals surface area contributed by atoms with Gasteiger partial charge in [-0.1, -0.05) is 35.0 Å². The van der Waals surface area contributed by atoms with E-state index in [1.54, 1.807) is 0 Å². The van der Waals surface area contributed by atoms with Crippen LogP contribution < -0.4 is 0 Å². The molecule has 0 N–H and O–H groups in total. The molecule has 0 saturated carbocycles. The van der Waals surface area contributed by atoms with Crippen molar-refractivity contribution in [3.05, 3.63) is 51.9 Å². The first-order chi connectivity index (χ1) is 9.00. The fourth-order valence-electron chi connectivity index (χ4n) is 2.17. The van der Waals surface area contributed by atoms with E-state index < -0.39 is 0 Å². The average Bonchev–Trinajstić information content (AvgIpc) is 2.70. The van der Waals surface area contributed by atoms with E-state index in [9.17, 15) is 0 Å². The molecule has 1 aromatic heterocycles. The second kappa shape index (κ2) is 5.76. The van der Waals surface area contributed by atoms with Crippen LogP contribution >= 0.6 is 11.6 Å². The van der Waals surface area contributed by atoms with Crippen LogP contribution in [-0.4, -0.2) is 17.1 Å². The SMILES string of the molecule is Cc1noc(C)c1CN(C)[C@@H](C)c1ccccc1Cl. The number of hydrogen-bond donors (Lipinski definition) is 0. The summed E-state index contributed by atoms with van der Waals surface area (Å²) in [6.45, 7) is 6.87. The third kappa shape index (κ3) is 2.99. The maximum Gasteiger partial charge on any atom is 0.138 e. The van der Waals surface area contributed by atoms with Crippen molar-refractivity contribution in [1.82, 2.24) is 10.1 Å². The zero-order valence-corrected chi connectivity index (χ0v) is 12.5. The Morgan fingerprint density at radius 2 is 2.00 bits per heavy atom. The largest absolute Gasteiger partial charge is 0.361 e. The van der Waals surface area contributed by atoms with E-state index in [4.69, 9.17) is 16.1 Å². The normalized spacial score (nSPS) is 12.9. The molecular formula is C15H19ClN2O. The Balaban J connectivity index is 2.17. The van der Waals surface area contributed by atoms with Crippen molar-refractivity contribution in [2.75, 3.05) is 7.05 Å². The Hall–Kier alpha value is -1.32. The Morgan fingerprint density at radius 1 is 1.32 bits per heavy atom. The van der Waals surface area contributed by atoms with Crippen LogP contribution in [-0.2, 0) is 6.54 Å². The first-order valence-corrected chi connectivity index (χ1v) is 6.75. The van der Waals surface area contributed by atoms with Crippen molar-refractivity contribution >= 4 is 11.6 Å². The van der Waals surface area contributed by atoms with Crippen molar-refractivity contribution in [3.8, 4) is 0 Å². The summed E-state index contributed by atoms with van der Waals surface area (Å²) in [5.41, 5.74) is 3.25. The predicted molar refractivity (Wildman–Crippen MR) is 77.3 cm³/mol. The lowest BCUT2D eigenvalue weighted by Crippen LogP contribution is -2.22. The van der Waals surface area contributed by atoms with Crippen molar-refractivity contribution in [1.29, 1.82) is 0 Å². The number of nitrogens with zero attached hydrogens (tertiary/aromatic N) is 2. The summed E-state index contributed by atoms with van der Waals surface area (Å²) >= 11 is 6.25. The Kier molecular flexibility index (Phi) is 4.27. The van der Waals surface area contributed by atoms with Gasteiger partial charge in [-0.2, -0.15) is 0 Å². The van der Waals surface area contributed by atoms with Gasteiger partial charge in [0.25, 0.3) is 0 Å². The van der Waals surface area contributed by atoms with E-state index in [1.807, 2.05) is 32.0 Å². The molecule has 102 valence electrons. The molecule has 4 heteroatoms. The standard InChI is InChI=1S/C15H19ClN2O/c1-10-14(12(3)19-17-10)9-18(4)11(2)13-7-5-6-8-15(13)16/h5-8,11H,9H2,1-4H3/t11-/m0/s1. The van der Waals surface area contributed by atoms with Gasteiger partial charge in [-0.3, -0.25) is 4.90 Å². The van der Waals surface area contributed by atoms with Gasteiger partial charge in [0.2, 0.25) is 0 Å². The maximum absolute atomic E-state index is 6.25. The molecule has 0 unspecified atom stereocenters. The van der Waals surface area contributed by atoms with Gasteiger partial charge >= 0.3 is 0 Å². The van der Waals surface area contributed by atoms with Gasteiger partial charge in [0.15, 0.2) is 0 Å². The second-order valence-electron chi connectivity index (χ2n) is 4.92. The number of aromatic nitrogens is 1. The lowest BCUT2D eigenvalue weighted by Gasteiger charge is -2.25. The molecule has 2 rings (SSSR count). The molecule has 0 saturated heterocycles. The molecule has 0 spiro atoms. The fraction of sp³-hybridized carbons (Fsp3) is 0.400. The summed E-state index contributed by atoms with van der Waals surface area (Å²) in [7, 11) is 2.08. The van der Waals surface area contributed by atoms with Crippen LogP contribution in [0.25, 0.3) is 0 Å². The van der Waals surface area contributed by atoms with E-state index in [0.29, 0.717) is 0 Å². The summed E-state index contributed by atoms with van der Waals surface area (Å²) < 4.78 is 5.20. The van der Waals surface area contributed by atoms with Crippen molar-refractivity contribution < 1.29 is 4.52 Å². The molecule has 1 atom stereocenters. The van der Waals surface area contributed by atoms with Crippen LogP contribution in [0.2, 0.25) is 5.02 Å². The molecule has 0 aliphatic carbocycles. The third-order valence-corrected chi connectivity index (χ3v) is 3.95. The zero-order chi connectivity index (χ0) is 14.0. The number of hydrogen-bond acceptors (Lipinski definition) is 3. The van der Waals surface area contributed by atoms with Gasteiger partial charge in [0.05, 0.1) is 5.69 Å². The van der Waals surface area contributed by atoms with Crippen LogP contribution in [0.4, 0.5) is 0 Å². The first kappa shape index (κ1) is 14.1. The highest BCUT2D eigenvalue weighted by molar-refractivity contribution is 6.31. The molecule has 0 fully saturated rings. The van der Waals surface area contributed by atoms with Gasteiger partial charge in [-0.05, 0) is 39.4 Å². The highest BCUT2D eigenvalue weighted by atomic mass is 35.5. The first-order valence-electron chi connectivity index (χ1n) is 6.37. The Labute approximate surface area is 119 Å². The zero-order valence-electron chi connectivity index (χ0n) is 11.8. The van der Waals surface area contributed by atoms with E-state index in [2.05, 4.69) is 30.1 Å². The summed E-state index contributed by atoms with van der Waals surface area (Å²) in [6.07, 6.45) is 0. The van der Waals surface area contributed by atoms with Crippen LogP contribution in [0.5, 0.6) is 0 Å². The molecule has 19 heavy (non-hydrogen) atoms. The number of rotatable bonds is 4. The minimum Gasteiger partial charge on any atom is -0.361 e. The van der Waals surface area contributed by atoms with Gasteiger partial charge in [0.1, 0.15) is 5.76 Å². The van der Waals surface area contributed by atoms with E-state index in [1.165, 1.54) is 0 Å². The quantitative estimate of drug-likeness (QED) is 0.842. The number of aryl methyl sites for hydroxylation is 2. The predicted octanol–water partition coefficient (Wildman–Crippen LogP) is 4.14. The van der Waals surface area contributed by atoms with Gasteiger partial charge in [-0.25, -0.2) is 0 Å². The Morgan fingerprint density at radius 3 is 2.58 bits per heavy atom. The number of benzene rings is 1. The highest BCUT2D eigenvalue weighted by Gasteiger charge is 2.18. The molecular weight excluding hydrogens is 260 g/mol. The van der Waals surface area contributed by atoms with Crippen molar-refractivity contribution in [3.63, 3.8) is 0 Å². The monoisotopic (exact) mass is 278 g/mol. The smallest absolute Gasteiger partial charge is 0.138 e. The highest BCUT2D eigenvalue weighted by Crippen LogP contribution is 2.28. The lowest BCUT2D eigenvalue weighted by molar-refractivity contribution is 0.251. The molecule has 0 radical (unpaired) electrons. The molecule has 1 heterocycles. The molecule has 0 aliphatic heterocycles. The van der Waals surface area contributed by atoms with Gasteiger partial charge in [-0.15, -0.1) is 0 Å². The molecule has 0 aliphatic rings. The van der Waals surface area contributed by atoms with Crippen LogP contribution in [0.1, 0.15) is 35.5 Å². The molecule has 1 aromatic carbocycles. The van der Waals surface area contributed by atoms with E-state index in [-0.39, 0.29) is 6.04 Å². The van der Waals surface area contributed by atoms with Crippen LogP contribution in [0, 0.1) is 13.8 Å². The summed E-state index contributed by atoms with van der Waals surface area (Å²) in [5.74, 6) is 0.885. The molecule has 0 amide bonds. The van der Waals surface area contributed by atoms with Crippen LogP contribution in [0.3, 0.4) is 0 Å². The second-order valence-corrected chi connectivity index (χ2v) is 5.32. The lowest BCUT2D eigenvalue weighted by atomic mass is 10.1. The topological polar surface area (TPSA) is 29.3 Å². The van der Waals surface area contributed by atoms with E-state index >= 15 is 0 Å². The van der Waals surface area contributed by atoms with Gasteiger partial charge < -0.3 is 4.52 Å². The van der Waals surface area contributed by atoms with E-state index in [0.717, 1.165) is 34.1 Å². The number of halogens is 1. The minimum atomic E-state index is 0.238. The third-order valence-electron chi connectivity index (χ3n) is 3.61. The summed E-state index contributed by atoms with van der Waals surface area (Å²) in [4.78, 5) is 2.24. The van der Waals surface area contributed by atoms with Crippen molar-refractivity contribution in [2.45, 2.75) is 33.4 Å². The Bertz CT molecular complexity index is 546. The molecule has 2 aromatic rings. The summed E-state index contributed by atoms with van der Waals surface area (Å²) in [6, 6.07) is 8.20. The van der Waals surface area contributed by atoms with Gasteiger partial charge in [0, 0.05) is 23.2 Å². The fourth-order valence-corrected chi connectivity index (χ4v) is 2.46. The molecule has 3 nitrogen and oxygen atoms in total. The average molecular weight is 279 g/mol. The summed E-state index contributed by atoms with van der Waals surface area (Å²) in [5, 5.41) is 4.80. The minimum absolute atomic E-state index is 0.238. The van der Waals surface area contributed by atoms with Crippen LogP contribution in [0.15, 0.2) is 28.8 Å². The molecule has 0 bridgehead atoms. The van der Waals surface area contributed by atoms with Crippen molar-refractivity contribution in [2.24, 2.45) is 0 Å². The maximum atomic E-state index is 6.25.